The first-order valence-electron chi connectivity index (χ1n) is 7.47. The van der Waals surface area contributed by atoms with Gasteiger partial charge in [-0.15, -0.1) is 11.8 Å². The molecule has 23 heavy (non-hydrogen) atoms. The van der Waals surface area contributed by atoms with Gasteiger partial charge in [0.2, 0.25) is 0 Å². The summed E-state index contributed by atoms with van der Waals surface area (Å²) >= 11 is 1.68. The molecule has 0 saturated heterocycles. The molecular formula is C18H22N2O2S. The van der Waals surface area contributed by atoms with Crippen molar-refractivity contribution in [1.29, 1.82) is 0 Å². The molecule has 0 fully saturated rings. The predicted octanol–water partition coefficient (Wildman–Crippen LogP) is 3.21. The smallest absolute Gasteiger partial charge is 0.315 e. The third kappa shape index (κ3) is 5.01. The van der Waals surface area contributed by atoms with Crippen LogP contribution in [0.5, 0.6) is 0 Å². The monoisotopic (exact) mass is 330 g/mol. The van der Waals surface area contributed by atoms with Crippen LogP contribution in [0.1, 0.15) is 22.3 Å². The minimum absolute atomic E-state index is 0.0279. The summed E-state index contributed by atoms with van der Waals surface area (Å²) < 4.78 is 0. The molecule has 0 spiro atoms. The average molecular weight is 330 g/mol. The highest BCUT2D eigenvalue weighted by atomic mass is 32.2. The van der Waals surface area contributed by atoms with Gasteiger partial charge in [-0.1, -0.05) is 36.4 Å². The number of urea groups is 1. The number of aryl methyl sites for hydroxylation is 1. The van der Waals surface area contributed by atoms with Gasteiger partial charge in [-0.2, -0.15) is 0 Å². The van der Waals surface area contributed by atoms with Gasteiger partial charge >= 0.3 is 6.03 Å². The van der Waals surface area contributed by atoms with Crippen LogP contribution >= 0.6 is 11.8 Å². The van der Waals surface area contributed by atoms with E-state index < -0.39 is 0 Å². The molecule has 0 heterocycles. The average Bonchev–Trinajstić information content (AvgIpc) is 2.58. The zero-order chi connectivity index (χ0) is 16.7. The predicted molar refractivity (Wildman–Crippen MR) is 94.4 cm³/mol. The van der Waals surface area contributed by atoms with Gasteiger partial charge in [-0.3, -0.25) is 0 Å². The molecule has 2 aromatic rings. The number of hydrogen-bond acceptors (Lipinski definition) is 3. The Kier molecular flexibility index (Phi) is 6.50. The number of rotatable bonds is 6. The lowest BCUT2D eigenvalue weighted by Crippen LogP contribution is -2.34. The summed E-state index contributed by atoms with van der Waals surface area (Å²) in [5, 5.41) is 15.0. The summed E-state index contributed by atoms with van der Waals surface area (Å²) in [6, 6.07) is 13.5. The zero-order valence-electron chi connectivity index (χ0n) is 13.4. The van der Waals surface area contributed by atoms with Crippen molar-refractivity contribution in [2.75, 3.05) is 6.26 Å². The van der Waals surface area contributed by atoms with Crippen LogP contribution in [0.4, 0.5) is 4.79 Å². The molecule has 0 aliphatic carbocycles. The number of hydrogen-bond donors (Lipinski definition) is 3. The number of benzene rings is 2. The quantitative estimate of drug-likeness (QED) is 0.713. The van der Waals surface area contributed by atoms with Crippen LogP contribution in [0.15, 0.2) is 47.4 Å². The Morgan fingerprint density at radius 3 is 2.35 bits per heavy atom. The number of aliphatic hydroxyl groups is 1. The molecule has 0 aliphatic rings. The Balaban J connectivity index is 1.88. The van der Waals surface area contributed by atoms with Crippen molar-refractivity contribution in [2.45, 2.75) is 31.5 Å². The maximum atomic E-state index is 12.0. The van der Waals surface area contributed by atoms with Crippen molar-refractivity contribution in [3.05, 3.63) is 64.7 Å². The first-order chi connectivity index (χ1) is 11.1. The summed E-state index contributed by atoms with van der Waals surface area (Å²) in [7, 11) is 0. The van der Waals surface area contributed by atoms with E-state index in [0.717, 1.165) is 16.7 Å². The number of nitrogens with one attached hydrogen (secondary N) is 2. The van der Waals surface area contributed by atoms with Crippen LogP contribution in [-0.2, 0) is 19.7 Å². The topological polar surface area (TPSA) is 61.4 Å². The van der Waals surface area contributed by atoms with E-state index in [1.807, 2.05) is 42.7 Å². The maximum Gasteiger partial charge on any atom is 0.315 e. The van der Waals surface area contributed by atoms with Gasteiger partial charge in [0, 0.05) is 18.0 Å². The van der Waals surface area contributed by atoms with E-state index in [2.05, 4.69) is 23.6 Å². The molecule has 0 aliphatic heterocycles. The molecule has 4 nitrogen and oxygen atoms in total. The van der Waals surface area contributed by atoms with Crippen LogP contribution in [0.3, 0.4) is 0 Å². The molecule has 5 heteroatoms. The van der Waals surface area contributed by atoms with E-state index in [1.165, 1.54) is 10.5 Å². The van der Waals surface area contributed by atoms with Crippen molar-refractivity contribution < 1.29 is 9.90 Å². The fourth-order valence-corrected chi connectivity index (χ4v) is 3.00. The lowest BCUT2D eigenvalue weighted by atomic mass is 10.1. The van der Waals surface area contributed by atoms with E-state index in [-0.39, 0.29) is 12.6 Å². The van der Waals surface area contributed by atoms with E-state index in [4.69, 9.17) is 0 Å². The number of carbonyl (C=O) groups is 1. The Labute approximate surface area is 141 Å². The molecule has 0 atom stereocenters. The lowest BCUT2D eigenvalue weighted by molar-refractivity contribution is 0.239. The minimum Gasteiger partial charge on any atom is -0.392 e. The molecular weight excluding hydrogens is 308 g/mol. The van der Waals surface area contributed by atoms with Crippen molar-refractivity contribution in [2.24, 2.45) is 0 Å². The van der Waals surface area contributed by atoms with Crippen molar-refractivity contribution in [3.8, 4) is 0 Å². The highest BCUT2D eigenvalue weighted by Crippen LogP contribution is 2.21. The highest BCUT2D eigenvalue weighted by Gasteiger charge is 2.06. The van der Waals surface area contributed by atoms with Crippen LogP contribution in [0.25, 0.3) is 0 Å². The first kappa shape index (κ1) is 17.4. The standard InChI is InChI=1S/C18H22N2O2S/c1-13-7-8-15(17(9-13)23-2)11-20-18(22)19-10-14-5-3-4-6-16(14)12-21/h3-9,21H,10-12H2,1-2H3,(H2,19,20,22). The van der Waals surface area contributed by atoms with Crippen molar-refractivity contribution >= 4 is 17.8 Å². The molecule has 0 bridgehead atoms. The third-order valence-corrected chi connectivity index (χ3v) is 4.43. The fraction of sp³-hybridized carbons (Fsp3) is 0.278. The molecule has 2 rings (SSSR count). The Hall–Kier alpha value is -1.98. The Morgan fingerprint density at radius 2 is 1.70 bits per heavy atom. The largest absolute Gasteiger partial charge is 0.392 e. The molecule has 2 aromatic carbocycles. The maximum absolute atomic E-state index is 12.0. The van der Waals surface area contributed by atoms with Gasteiger partial charge in [0.1, 0.15) is 0 Å². The van der Waals surface area contributed by atoms with E-state index >= 15 is 0 Å². The van der Waals surface area contributed by atoms with E-state index in [0.29, 0.717) is 13.1 Å². The number of amides is 2. The van der Waals surface area contributed by atoms with Crippen LogP contribution in [0, 0.1) is 6.92 Å². The minimum atomic E-state index is -0.217. The lowest BCUT2D eigenvalue weighted by Gasteiger charge is -2.12. The Morgan fingerprint density at radius 1 is 1.04 bits per heavy atom. The summed E-state index contributed by atoms with van der Waals surface area (Å²) in [6.45, 7) is 2.91. The highest BCUT2D eigenvalue weighted by molar-refractivity contribution is 7.98. The normalized spacial score (nSPS) is 10.4. The summed E-state index contributed by atoms with van der Waals surface area (Å²) in [5.41, 5.74) is 4.07. The van der Waals surface area contributed by atoms with Crippen LogP contribution < -0.4 is 10.6 Å². The van der Waals surface area contributed by atoms with Crippen molar-refractivity contribution in [1.82, 2.24) is 10.6 Å². The number of carbonyl (C=O) groups excluding carboxylic acids is 1. The molecule has 0 aromatic heterocycles. The second kappa shape index (κ2) is 8.60. The summed E-state index contributed by atoms with van der Waals surface area (Å²) in [5.74, 6) is 0. The van der Waals surface area contributed by atoms with Gasteiger partial charge in [0.25, 0.3) is 0 Å². The van der Waals surface area contributed by atoms with E-state index in [9.17, 15) is 9.90 Å². The second-order valence-corrected chi connectivity index (χ2v) is 6.13. The number of aliphatic hydroxyl groups excluding tert-OH is 1. The second-order valence-electron chi connectivity index (χ2n) is 5.28. The molecule has 122 valence electrons. The third-order valence-electron chi connectivity index (χ3n) is 3.61. The molecule has 0 radical (unpaired) electrons. The summed E-state index contributed by atoms with van der Waals surface area (Å²) in [6.07, 6.45) is 2.03. The van der Waals surface area contributed by atoms with Gasteiger partial charge in [0.05, 0.1) is 6.61 Å². The molecule has 3 N–H and O–H groups in total. The molecule has 0 unspecified atom stereocenters. The van der Waals surface area contributed by atoms with Gasteiger partial charge in [-0.25, -0.2) is 4.79 Å². The fourth-order valence-electron chi connectivity index (χ4n) is 2.30. The molecule has 2 amide bonds. The van der Waals surface area contributed by atoms with Gasteiger partial charge < -0.3 is 15.7 Å². The van der Waals surface area contributed by atoms with Crippen LogP contribution in [0.2, 0.25) is 0 Å². The van der Waals surface area contributed by atoms with Gasteiger partial charge in [0.15, 0.2) is 0 Å². The SMILES string of the molecule is CSc1cc(C)ccc1CNC(=O)NCc1ccccc1CO. The van der Waals surface area contributed by atoms with Crippen molar-refractivity contribution in [3.63, 3.8) is 0 Å². The van der Waals surface area contributed by atoms with E-state index in [1.54, 1.807) is 11.8 Å². The zero-order valence-corrected chi connectivity index (χ0v) is 14.2. The summed E-state index contributed by atoms with van der Waals surface area (Å²) in [4.78, 5) is 13.1. The number of thioether (sulfide) groups is 1. The van der Waals surface area contributed by atoms with Gasteiger partial charge in [-0.05, 0) is 41.5 Å². The van der Waals surface area contributed by atoms with Crippen LogP contribution in [-0.4, -0.2) is 17.4 Å². The Bertz CT molecular complexity index is 674. The molecule has 0 saturated carbocycles. The first-order valence-corrected chi connectivity index (χ1v) is 8.69.